The maximum absolute atomic E-state index is 13.0. The van der Waals surface area contributed by atoms with Gasteiger partial charge < -0.3 is 24.3 Å². The summed E-state index contributed by atoms with van der Waals surface area (Å²) in [5.41, 5.74) is 1.17. The molecule has 2 fully saturated rings. The highest BCUT2D eigenvalue weighted by atomic mass is 16.5. The summed E-state index contributed by atoms with van der Waals surface area (Å²) in [6.45, 7) is 2.36. The second-order valence-corrected chi connectivity index (χ2v) is 7.96. The van der Waals surface area contributed by atoms with Gasteiger partial charge in [-0.25, -0.2) is 0 Å². The molecule has 1 unspecified atom stereocenters. The first kappa shape index (κ1) is 20.3. The van der Waals surface area contributed by atoms with E-state index in [1.54, 1.807) is 24.1 Å². The molecule has 7 nitrogen and oxygen atoms in total. The number of nitrogens with zero attached hydrogens (tertiary/aromatic N) is 2. The summed E-state index contributed by atoms with van der Waals surface area (Å²) in [7, 11) is 1.67. The molecule has 0 radical (unpaired) electrons. The largest absolute Gasteiger partial charge is 0.497 e. The number of hydrogen-bond donors (Lipinski definition) is 1. The van der Waals surface area contributed by atoms with Gasteiger partial charge in [-0.2, -0.15) is 0 Å². The van der Waals surface area contributed by atoms with Crippen LogP contribution in [0.1, 0.15) is 42.7 Å². The third-order valence-electron chi connectivity index (χ3n) is 6.08. The van der Waals surface area contributed by atoms with Gasteiger partial charge in [0.1, 0.15) is 11.8 Å². The third kappa shape index (κ3) is 4.45. The van der Waals surface area contributed by atoms with Gasteiger partial charge in [0.25, 0.3) is 5.91 Å². The number of rotatable bonds is 5. The molecule has 2 aliphatic heterocycles. The molecule has 1 atom stereocenters. The van der Waals surface area contributed by atoms with E-state index in [2.05, 4.69) is 22.3 Å². The molecule has 160 valence electrons. The smallest absolute Gasteiger partial charge is 0.290 e. The Kier molecular flexibility index (Phi) is 6.26. The van der Waals surface area contributed by atoms with Crippen LogP contribution in [0.5, 0.6) is 5.75 Å². The molecule has 2 amide bonds. The van der Waals surface area contributed by atoms with Crippen LogP contribution in [-0.2, 0) is 4.79 Å². The quantitative estimate of drug-likeness (QED) is 0.819. The number of anilines is 1. The number of amides is 2. The molecule has 0 saturated carbocycles. The summed E-state index contributed by atoms with van der Waals surface area (Å²) < 4.78 is 10.5. The molecule has 1 aromatic carbocycles. The van der Waals surface area contributed by atoms with Crippen LogP contribution in [0.25, 0.3) is 0 Å². The van der Waals surface area contributed by atoms with E-state index < -0.39 is 6.04 Å². The lowest BCUT2D eigenvalue weighted by Gasteiger charge is -2.37. The molecule has 30 heavy (non-hydrogen) atoms. The number of likely N-dealkylation sites (tertiary alicyclic amines) is 1. The van der Waals surface area contributed by atoms with Gasteiger partial charge in [-0.15, -0.1) is 0 Å². The van der Waals surface area contributed by atoms with Gasteiger partial charge >= 0.3 is 0 Å². The number of carbonyl (C=O) groups excluding carboxylic acids is 2. The topological polar surface area (TPSA) is 75.0 Å². The van der Waals surface area contributed by atoms with Crippen LogP contribution >= 0.6 is 0 Å². The van der Waals surface area contributed by atoms with E-state index in [-0.39, 0.29) is 17.9 Å². The average Bonchev–Trinajstić information content (AvgIpc) is 3.34. The van der Waals surface area contributed by atoms with Gasteiger partial charge in [-0.05, 0) is 68.5 Å². The van der Waals surface area contributed by atoms with Crippen molar-refractivity contribution >= 4 is 17.5 Å². The highest BCUT2D eigenvalue weighted by Crippen LogP contribution is 2.24. The minimum absolute atomic E-state index is 0.0440. The summed E-state index contributed by atoms with van der Waals surface area (Å²) >= 11 is 0. The normalized spacial score (nSPS) is 20.1. The SMILES string of the molecule is COc1ccc(N2CCC(NC(=O)C3CCCCN3C(=O)c3ccco3)CC2)cc1. The first-order valence-electron chi connectivity index (χ1n) is 10.7. The summed E-state index contributed by atoms with van der Waals surface area (Å²) in [5, 5.41) is 3.20. The number of benzene rings is 1. The van der Waals surface area contributed by atoms with Gasteiger partial charge in [-0.1, -0.05) is 0 Å². The molecule has 7 heteroatoms. The fourth-order valence-corrected chi connectivity index (χ4v) is 4.36. The van der Waals surface area contributed by atoms with E-state index in [9.17, 15) is 9.59 Å². The molecule has 1 N–H and O–H groups in total. The van der Waals surface area contributed by atoms with Crippen molar-refractivity contribution < 1.29 is 18.7 Å². The Morgan fingerprint density at radius 2 is 1.80 bits per heavy atom. The van der Waals surface area contributed by atoms with Crippen molar-refractivity contribution in [3.8, 4) is 5.75 Å². The highest BCUT2D eigenvalue weighted by molar-refractivity contribution is 5.95. The Morgan fingerprint density at radius 3 is 2.47 bits per heavy atom. The van der Waals surface area contributed by atoms with Crippen LogP contribution in [0.15, 0.2) is 47.1 Å². The number of carbonyl (C=O) groups is 2. The number of hydrogen-bond acceptors (Lipinski definition) is 5. The van der Waals surface area contributed by atoms with Gasteiger partial charge in [0.15, 0.2) is 5.76 Å². The van der Waals surface area contributed by atoms with E-state index in [1.807, 2.05) is 12.1 Å². The van der Waals surface area contributed by atoms with Gasteiger partial charge in [0, 0.05) is 31.4 Å². The van der Waals surface area contributed by atoms with Crippen LogP contribution in [0, 0.1) is 0 Å². The molecule has 4 rings (SSSR count). The standard InChI is InChI=1S/C23H29N3O4/c1-29-19-9-7-18(8-10-19)25-14-11-17(12-15-25)24-22(27)20-5-2-3-13-26(20)23(28)21-6-4-16-30-21/h4,6-10,16-17,20H,2-3,5,11-15H2,1H3,(H,24,27). The summed E-state index contributed by atoms with van der Waals surface area (Å²) in [5.74, 6) is 0.899. The summed E-state index contributed by atoms with van der Waals surface area (Å²) in [4.78, 5) is 29.8. The first-order valence-corrected chi connectivity index (χ1v) is 10.7. The Labute approximate surface area is 177 Å². The van der Waals surface area contributed by atoms with E-state index in [1.165, 1.54) is 12.0 Å². The number of ether oxygens (including phenoxy) is 1. The monoisotopic (exact) mass is 411 g/mol. The Bertz CT molecular complexity index is 842. The zero-order valence-electron chi connectivity index (χ0n) is 17.4. The predicted molar refractivity (Wildman–Crippen MR) is 114 cm³/mol. The minimum atomic E-state index is -0.420. The van der Waals surface area contributed by atoms with E-state index in [4.69, 9.17) is 9.15 Å². The van der Waals surface area contributed by atoms with Gasteiger partial charge in [0.2, 0.25) is 5.91 Å². The van der Waals surface area contributed by atoms with Crippen molar-refractivity contribution in [3.63, 3.8) is 0 Å². The van der Waals surface area contributed by atoms with Crippen molar-refractivity contribution in [2.45, 2.75) is 44.2 Å². The molecule has 0 bridgehead atoms. The first-order chi connectivity index (χ1) is 14.7. The molecule has 2 saturated heterocycles. The van der Waals surface area contributed by atoms with Crippen LogP contribution in [0.4, 0.5) is 5.69 Å². The van der Waals surface area contributed by atoms with Crippen molar-refractivity contribution in [2.24, 2.45) is 0 Å². The number of nitrogens with one attached hydrogen (secondary N) is 1. The Morgan fingerprint density at radius 1 is 1.03 bits per heavy atom. The number of methoxy groups -OCH3 is 1. The lowest BCUT2D eigenvalue weighted by molar-refractivity contribution is -0.127. The maximum Gasteiger partial charge on any atom is 0.290 e. The average molecular weight is 412 g/mol. The van der Waals surface area contributed by atoms with E-state index in [0.29, 0.717) is 18.7 Å². The predicted octanol–water partition coefficient (Wildman–Crippen LogP) is 3.07. The number of piperidine rings is 2. The van der Waals surface area contributed by atoms with Crippen LogP contribution < -0.4 is 15.0 Å². The zero-order chi connectivity index (χ0) is 20.9. The Balaban J connectivity index is 1.32. The molecule has 1 aromatic heterocycles. The molecule has 0 aliphatic carbocycles. The van der Waals surface area contributed by atoms with Gasteiger partial charge in [0.05, 0.1) is 13.4 Å². The molecular weight excluding hydrogens is 382 g/mol. The zero-order valence-corrected chi connectivity index (χ0v) is 17.4. The maximum atomic E-state index is 13.0. The molecule has 3 heterocycles. The lowest BCUT2D eigenvalue weighted by atomic mass is 9.99. The summed E-state index contributed by atoms with van der Waals surface area (Å²) in [6.07, 6.45) is 5.82. The molecule has 2 aliphatic rings. The second kappa shape index (κ2) is 9.24. The fraction of sp³-hybridized carbons (Fsp3) is 0.478. The van der Waals surface area contributed by atoms with Crippen molar-refractivity contribution in [2.75, 3.05) is 31.6 Å². The van der Waals surface area contributed by atoms with Crippen molar-refractivity contribution in [1.29, 1.82) is 0 Å². The summed E-state index contributed by atoms with van der Waals surface area (Å²) in [6, 6.07) is 11.1. The molecule has 0 spiro atoms. The second-order valence-electron chi connectivity index (χ2n) is 7.96. The van der Waals surface area contributed by atoms with E-state index in [0.717, 1.165) is 44.5 Å². The third-order valence-corrected chi connectivity index (χ3v) is 6.08. The fourth-order valence-electron chi connectivity index (χ4n) is 4.36. The van der Waals surface area contributed by atoms with Crippen LogP contribution in [-0.4, -0.2) is 55.5 Å². The Hall–Kier alpha value is -2.96. The molecule has 2 aromatic rings. The highest BCUT2D eigenvalue weighted by Gasteiger charge is 2.35. The van der Waals surface area contributed by atoms with Crippen molar-refractivity contribution in [1.82, 2.24) is 10.2 Å². The van der Waals surface area contributed by atoms with Gasteiger partial charge in [-0.3, -0.25) is 9.59 Å². The van der Waals surface area contributed by atoms with E-state index >= 15 is 0 Å². The van der Waals surface area contributed by atoms with Crippen LogP contribution in [0.2, 0.25) is 0 Å². The number of furan rings is 1. The minimum Gasteiger partial charge on any atom is -0.497 e. The van der Waals surface area contributed by atoms with Crippen LogP contribution in [0.3, 0.4) is 0 Å². The van der Waals surface area contributed by atoms with Crippen molar-refractivity contribution in [3.05, 3.63) is 48.4 Å². The lowest BCUT2D eigenvalue weighted by Crippen LogP contribution is -2.55. The molecular formula is C23H29N3O4.